The highest BCUT2D eigenvalue weighted by Crippen LogP contribution is 2.31. The van der Waals surface area contributed by atoms with Crippen molar-refractivity contribution in [3.8, 4) is 5.88 Å². The van der Waals surface area contributed by atoms with Gasteiger partial charge in [0, 0.05) is 18.8 Å². The Hall–Kier alpha value is -2.15. The minimum Gasteiger partial charge on any atom is -0.480 e. The van der Waals surface area contributed by atoms with Gasteiger partial charge < -0.3 is 9.84 Å². The number of ether oxygens (including phenoxy) is 1. The second-order valence-electron chi connectivity index (χ2n) is 4.37. The van der Waals surface area contributed by atoms with E-state index < -0.39 is 17.8 Å². The van der Waals surface area contributed by atoms with Gasteiger partial charge >= 0.3 is 6.18 Å². The largest absolute Gasteiger partial charge is 0.480 e. The van der Waals surface area contributed by atoms with E-state index in [1.54, 1.807) is 0 Å². The summed E-state index contributed by atoms with van der Waals surface area (Å²) in [6, 6.07) is 4.81. The zero-order chi connectivity index (χ0) is 15.5. The number of aliphatic hydroxyl groups is 1. The molecule has 0 bridgehead atoms. The molecule has 0 aliphatic heterocycles. The van der Waals surface area contributed by atoms with Crippen molar-refractivity contribution >= 4 is 0 Å². The number of methoxy groups -OCH3 is 1. The van der Waals surface area contributed by atoms with E-state index in [1.165, 1.54) is 31.6 Å². The molecule has 2 rings (SSSR count). The highest BCUT2D eigenvalue weighted by atomic mass is 19.4. The van der Waals surface area contributed by atoms with Gasteiger partial charge in [-0.25, -0.2) is 4.98 Å². The van der Waals surface area contributed by atoms with Crippen molar-refractivity contribution in [1.82, 2.24) is 9.97 Å². The van der Waals surface area contributed by atoms with Crippen LogP contribution in [0.4, 0.5) is 13.2 Å². The molecule has 0 aliphatic rings. The van der Waals surface area contributed by atoms with Crippen molar-refractivity contribution in [3.63, 3.8) is 0 Å². The van der Waals surface area contributed by atoms with Crippen LogP contribution in [0.2, 0.25) is 0 Å². The van der Waals surface area contributed by atoms with Gasteiger partial charge in [-0.15, -0.1) is 0 Å². The first-order valence-corrected chi connectivity index (χ1v) is 6.11. The minimum absolute atomic E-state index is 0.0149. The predicted octanol–water partition coefficient (Wildman–Crippen LogP) is 2.78. The normalized spacial score (nSPS) is 13.0. The summed E-state index contributed by atoms with van der Waals surface area (Å²) in [6.07, 6.45) is -2.74. The van der Waals surface area contributed by atoms with Crippen molar-refractivity contribution in [2.24, 2.45) is 0 Å². The average molecular weight is 298 g/mol. The molecule has 1 atom stereocenters. The van der Waals surface area contributed by atoms with Crippen LogP contribution < -0.4 is 4.74 Å². The highest BCUT2D eigenvalue weighted by Gasteiger charge is 2.30. The molecular formula is C14H13F3N2O2. The van der Waals surface area contributed by atoms with Gasteiger partial charge in [-0.3, -0.25) is 4.98 Å². The van der Waals surface area contributed by atoms with Crippen LogP contribution >= 0.6 is 0 Å². The summed E-state index contributed by atoms with van der Waals surface area (Å²) in [7, 11) is 1.38. The molecule has 1 aromatic carbocycles. The van der Waals surface area contributed by atoms with Gasteiger partial charge in [0.1, 0.15) is 11.8 Å². The smallest absolute Gasteiger partial charge is 0.416 e. The standard InChI is InChI=1S/C14H13F3N2O2/c1-21-13-12(18-5-6-19-13)11(20)8-9-3-2-4-10(7-9)14(15,16)17/h2-7,11,20H,8H2,1H3. The Morgan fingerprint density at radius 2 is 1.95 bits per heavy atom. The van der Waals surface area contributed by atoms with E-state index in [1.807, 2.05) is 0 Å². The van der Waals surface area contributed by atoms with Crippen LogP contribution in [0.15, 0.2) is 36.7 Å². The number of halogens is 3. The first kappa shape index (κ1) is 15.2. The monoisotopic (exact) mass is 298 g/mol. The van der Waals surface area contributed by atoms with Crippen molar-refractivity contribution in [1.29, 1.82) is 0 Å². The summed E-state index contributed by atoms with van der Waals surface area (Å²) in [5.41, 5.74) is -0.208. The summed E-state index contributed by atoms with van der Waals surface area (Å²) in [5.74, 6) is 0.150. The lowest BCUT2D eigenvalue weighted by Crippen LogP contribution is -2.09. The van der Waals surface area contributed by atoms with E-state index in [0.29, 0.717) is 5.56 Å². The summed E-state index contributed by atoms with van der Waals surface area (Å²) in [5, 5.41) is 10.1. The molecule has 0 radical (unpaired) electrons. The SMILES string of the molecule is COc1nccnc1C(O)Cc1cccc(C(F)(F)F)c1. The Morgan fingerprint density at radius 1 is 1.24 bits per heavy atom. The molecule has 0 saturated carbocycles. The Kier molecular flexibility index (Phi) is 4.42. The van der Waals surface area contributed by atoms with Gasteiger partial charge in [0.25, 0.3) is 0 Å². The van der Waals surface area contributed by atoms with Crippen LogP contribution in [0.1, 0.15) is 22.9 Å². The fourth-order valence-corrected chi connectivity index (χ4v) is 1.92. The molecular weight excluding hydrogens is 285 g/mol. The minimum atomic E-state index is -4.41. The maximum absolute atomic E-state index is 12.6. The second kappa shape index (κ2) is 6.09. The molecule has 2 aromatic rings. The zero-order valence-corrected chi connectivity index (χ0v) is 11.1. The lowest BCUT2D eigenvalue weighted by molar-refractivity contribution is -0.137. The molecule has 4 nitrogen and oxygen atoms in total. The van der Waals surface area contributed by atoms with Crippen LogP contribution in [-0.2, 0) is 12.6 Å². The predicted molar refractivity (Wildman–Crippen MR) is 68.7 cm³/mol. The molecule has 112 valence electrons. The van der Waals surface area contributed by atoms with Gasteiger partial charge in [0.05, 0.1) is 12.7 Å². The third-order valence-corrected chi connectivity index (χ3v) is 2.88. The number of nitrogens with zero attached hydrogens (tertiary/aromatic N) is 2. The number of hydrogen-bond acceptors (Lipinski definition) is 4. The maximum Gasteiger partial charge on any atom is 0.416 e. The van der Waals surface area contributed by atoms with Crippen LogP contribution in [-0.4, -0.2) is 22.2 Å². The van der Waals surface area contributed by atoms with E-state index in [-0.39, 0.29) is 18.0 Å². The van der Waals surface area contributed by atoms with Gasteiger partial charge in [0.2, 0.25) is 5.88 Å². The molecule has 7 heteroatoms. The first-order valence-electron chi connectivity index (χ1n) is 6.11. The summed E-state index contributed by atoms with van der Waals surface area (Å²) < 4.78 is 42.9. The van der Waals surface area contributed by atoms with Gasteiger partial charge in [0.15, 0.2) is 0 Å². The Balaban J connectivity index is 2.22. The molecule has 1 heterocycles. The molecule has 0 aliphatic carbocycles. The molecule has 0 spiro atoms. The fourth-order valence-electron chi connectivity index (χ4n) is 1.92. The third kappa shape index (κ3) is 3.69. The number of alkyl halides is 3. The van der Waals surface area contributed by atoms with E-state index in [2.05, 4.69) is 9.97 Å². The van der Waals surface area contributed by atoms with Crippen LogP contribution in [0.5, 0.6) is 5.88 Å². The fraction of sp³-hybridized carbons (Fsp3) is 0.286. The van der Waals surface area contributed by atoms with Crippen LogP contribution in [0, 0.1) is 0 Å². The molecule has 0 saturated heterocycles. The molecule has 1 unspecified atom stereocenters. The van der Waals surface area contributed by atoms with E-state index in [4.69, 9.17) is 4.74 Å². The van der Waals surface area contributed by atoms with Gasteiger partial charge in [-0.1, -0.05) is 18.2 Å². The second-order valence-corrected chi connectivity index (χ2v) is 4.37. The van der Waals surface area contributed by atoms with E-state index in [0.717, 1.165) is 12.1 Å². The topological polar surface area (TPSA) is 55.2 Å². The van der Waals surface area contributed by atoms with Crippen LogP contribution in [0.3, 0.4) is 0 Å². The molecule has 0 fully saturated rings. The number of aliphatic hydroxyl groups excluding tert-OH is 1. The third-order valence-electron chi connectivity index (χ3n) is 2.88. The lowest BCUT2D eigenvalue weighted by Gasteiger charge is -2.14. The van der Waals surface area contributed by atoms with Crippen LogP contribution in [0.25, 0.3) is 0 Å². The molecule has 1 N–H and O–H groups in total. The maximum atomic E-state index is 12.6. The van der Waals surface area contributed by atoms with Crippen molar-refractivity contribution in [3.05, 3.63) is 53.5 Å². The summed E-state index contributed by atoms with van der Waals surface area (Å²) in [6.45, 7) is 0. The summed E-state index contributed by atoms with van der Waals surface area (Å²) in [4.78, 5) is 7.85. The van der Waals surface area contributed by atoms with Crippen molar-refractivity contribution in [2.75, 3.05) is 7.11 Å². The summed E-state index contributed by atoms with van der Waals surface area (Å²) >= 11 is 0. The lowest BCUT2D eigenvalue weighted by atomic mass is 10.0. The van der Waals surface area contributed by atoms with Crippen molar-refractivity contribution < 1.29 is 23.0 Å². The quantitative estimate of drug-likeness (QED) is 0.943. The molecule has 1 aromatic heterocycles. The number of aromatic nitrogens is 2. The zero-order valence-electron chi connectivity index (χ0n) is 11.1. The Morgan fingerprint density at radius 3 is 2.62 bits per heavy atom. The van der Waals surface area contributed by atoms with Gasteiger partial charge in [-0.05, 0) is 11.6 Å². The highest BCUT2D eigenvalue weighted by molar-refractivity contribution is 5.28. The number of rotatable bonds is 4. The van der Waals surface area contributed by atoms with E-state index in [9.17, 15) is 18.3 Å². The molecule has 0 amide bonds. The van der Waals surface area contributed by atoms with Gasteiger partial charge in [-0.2, -0.15) is 13.2 Å². The number of hydrogen-bond donors (Lipinski definition) is 1. The van der Waals surface area contributed by atoms with E-state index >= 15 is 0 Å². The first-order chi connectivity index (χ1) is 9.91. The Bertz CT molecular complexity index is 617. The number of benzene rings is 1. The average Bonchev–Trinajstić information content (AvgIpc) is 2.46. The van der Waals surface area contributed by atoms with Crippen molar-refractivity contribution in [2.45, 2.75) is 18.7 Å². The Labute approximate surface area is 119 Å². The molecule has 21 heavy (non-hydrogen) atoms.